The van der Waals surface area contributed by atoms with Crippen molar-refractivity contribution in [3.8, 4) is 0 Å². The lowest BCUT2D eigenvalue weighted by Crippen LogP contribution is -2.58. The van der Waals surface area contributed by atoms with Gasteiger partial charge in [0.15, 0.2) is 0 Å². The average molecular weight is 306 g/mol. The predicted molar refractivity (Wildman–Crippen MR) is 92.8 cm³/mol. The number of carbonyl (C=O) groups is 1. The number of anilines is 1. The van der Waals surface area contributed by atoms with E-state index in [9.17, 15) is 4.79 Å². The molecule has 0 radical (unpaired) electrons. The Labute approximate surface area is 134 Å². The molecule has 1 aromatic rings. The van der Waals surface area contributed by atoms with Gasteiger partial charge in [-0.3, -0.25) is 14.7 Å². The van der Waals surface area contributed by atoms with E-state index in [0.717, 1.165) is 18.5 Å². The van der Waals surface area contributed by atoms with E-state index in [1.807, 2.05) is 63.4 Å². The lowest BCUT2D eigenvalue weighted by Gasteiger charge is -2.43. The largest absolute Gasteiger partial charge is 0.324 e. The molecule has 5 nitrogen and oxygen atoms in total. The Morgan fingerprint density at radius 1 is 0.955 bits per heavy atom. The summed E-state index contributed by atoms with van der Waals surface area (Å²) in [5.74, 6) is 0. The Morgan fingerprint density at radius 2 is 1.41 bits per heavy atom. The molecule has 0 spiro atoms. The maximum Gasteiger partial charge on any atom is 0.324 e. The second-order valence-electron chi connectivity index (χ2n) is 5.91. The smallest absolute Gasteiger partial charge is 0.308 e. The van der Waals surface area contributed by atoms with Crippen molar-refractivity contribution in [2.24, 2.45) is 0 Å². The lowest BCUT2D eigenvalue weighted by atomic mass is 10.2. The topological polar surface area (TPSA) is 38.8 Å². The number of hydrogen-bond acceptors (Lipinski definition) is 3. The van der Waals surface area contributed by atoms with Crippen molar-refractivity contribution in [1.29, 1.82) is 0 Å². The van der Waals surface area contributed by atoms with Gasteiger partial charge in [0.2, 0.25) is 0 Å². The van der Waals surface area contributed by atoms with Crippen LogP contribution in [0.4, 0.5) is 10.5 Å². The van der Waals surface area contributed by atoms with E-state index in [2.05, 4.69) is 29.0 Å². The molecule has 0 heterocycles. The molecule has 2 amide bonds. The summed E-state index contributed by atoms with van der Waals surface area (Å²) < 4.78 is 0. The van der Waals surface area contributed by atoms with E-state index < -0.39 is 0 Å². The van der Waals surface area contributed by atoms with Crippen LogP contribution in [0.3, 0.4) is 0 Å². The summed E-state index contributed by atoms with van der Waals surface area (Å²) in [5.41, 5.74) is 0.819. The zero-order valence-electron chi connectivity index (χ0n) is 14.7. The number of nitrogens with one attached hydrogen (secondary N) is 1. The van der Waals surface area contributed by atoms with Crippen LogP contribution in [0.2, 0.25) is 0 Å². The van der Waals surface area contributed by atoms with Crippen molar-refractivity contribution in [3.05, 3.63) is 30.3 Å². The number of urea groups is 1. The molecule has 2 atom stereocenters. The van der Waals surface area contributed by atoms with Gasteiger partial charge >= 0.3 is 6.03 Å². The van der Waals surface area contributed by atoms with E-state index in [-0.39, 0.29) is 18.4 Å². The van der Waals surface area contributed by atoms with Crippen LogP contribution in [0.15, 0.2) is 30.3 Å². The van der Waals surface area contributed by atoms with Crippen LogP contribution in [-0.2, 0) is 0 Å². The SMILES string of the molecule is CCC(N(C)C)N(C(=O)Nc1ccccc1)C(CC)N(C)C. The Kier molecular flexibility index (Phi) is 7.35. The van der Waals surface area contributed by atoms with Gasteiger partial charge in [0.1, 0.15) is 0 Å². The van der Waals surface area contributed by atoms with Crippen LogP contribution >= 0.6 is 0 Å². The van der Waals surface area contributed by atoms with Crippen LogP contribution in [0, 0.1) is 0 Å². The first-order chi connectivity index (χ1) is 10.4. The fourth-order valence-electron chi connectivity index (χ4n) is 2.80. The molecule has 1 aromatic carbocycles. The third-order valence-corrected chi connectivity index (χ3v) is 3.82. The maximum absolute atomic E-state index is 12.9. The highest BCUT2D eigenvalue weighted by atomic mass is 16.2. The molecule has 1 N–H and O–H groups in total. The summed E-state index contributed by atoms with van der Waals surface area (Å²) in [4.78, 5) is 19.0. The minimum atomic E-state index is -0.0627. The number of para-hydroxylation sites is 1. The number of benzene rings is 1. The van der Waals surface area contributed by atoms with Crippen molar-refractivity contribution >= 4 is 11.7 Å². The fourth-order valence-corrected chi connectivity index (χ4v) is 2.80. The van der Waals surface area contributed by atoms with Crippen LogP contribution in [-0.4, -0.2) is 61.3 Å². The number of nitrogens with zero attached hydrogens (tertiary/aromatic N) is 3. The molecular formula is C17H30N4O. The van der Waals surface area contributed by atoms with Gasteiger partial charge in [0.05, 0.1) is 12.3 Å². The molecule has 2 unspecified atom stereocenters. The first-order valence-corrected chi connectivity index (χ1v) is 7.89. The van der Waals surface area contributed by atoms with Gasteiger partial charge < -0.3 is 5.32 Å². The van der Waals surface area contributed by atoms with Crippen molar-refractivity contribution in [2.75, 3.05) is 33.5 Å². The summed E-state index contributed by atoms with van der Waals surface area (Å²) in [6.45, 7) is 4.21. The van der Waals surface area contributed by atoms with E-state index in [1.165, 1.54) is 0 Å². The van der Waals surface area contributed by atoms with Crippen molar-refractivity contribution in [3.63, 3.8) is 0 Å². The van der Waals surface area contributed by atoms with E-state index in [4.69, 9.17) is 0 Å². The van der Waals surface area contributed by atoms with Gasteiger partial charge in [-0.05, 0) is 53.2 Å². The highest BCUT2D eigenvalue weighted by molar-refractivity contribution is 5.89. The van der Waals surface area contributed by atoms with Crippen molar-refractivity contribution in [1.82, 2.24) is 14.7 Å². The van der Waals surface area contributed by atoms with Crippen LogP contribution in [0.25, 0.3) is 0 Å². The van der Waals surface area contributed by atoms with E-state index >= 15 is 0 Å². The molecule has 0 aliphatic carbocycles. The van der Waals surface area contributed by atoms with Crippen LogP contribution in [0.5, 0.6) is 0 Å². The fraction of sp³-hybridized carbons (Fsp3) is 0.588. The quantitative estimate of drug-likeness (QED) is 0.787. The molecule has 0 aliphatic heterocycles. The summed E-state index contributed by atoms with van der Waals surface area (Å²) in [7, 11) is 8.05. The first kappa shape index (κ1) is 18.5. The zero-order chi connectivity index (χ0) is 16.7. The molecule has 1 rings (SSSR count). The first-order valence-electron chi connectivity index (χ1n) is 7.89. The Balaban J connectivity index is 3.05. The highest BCUT2D eigenvalue weighted by Gasteiger charge is 2.31. The third-order valence-electron chi connectivity index (χ3n) is 3.82. The molecule has 0 saturated heterocycles. The summed E-state index contributed by atoms with van der Waals surface area (Å²) >= 11 is 0. The molecule has 5 heteroatoms. The van der Waals surface area contributed by atoms with Crippen LogP contribution in [0.1, 0.15) is 26.7 Å². The normalized spacial score (nSPS) is 14.0. The molecule has 124 valence electrons. The number of amides is 2. The monoisotopic (exact) mass is 306 g/mol. The average Bonchev–Trinajstić information content (AvgIpc) is 2.47. The van der Waals surface area contributed by atoms with Crippen molar-refractivity contribution < 1.29 is 4.79 Å². The van der Waals surface area contributed by atoms with E-state index in [1.54, 1.807) is 0 Å². The Hall–Kier alpha value is -1.59. The van der Waals surface area contributed by atoms with Gasteiger partial charge in [-0.15, -0.1) is 0 Å². The maximum atomic E-state index is 12.9. The second kappa shape index (κ2) is 8.76. The third kappa shape index (κ3) is 4.71. The van der Waals surface area contributed by atoms with Gasteiger partial charge in [-0.2, -0.15) is 0 Å². The Morgan fingerprint density at radius 3 is 1.77 bits per heavy atom. The molecule has 0 saturated carbocycles. The highest BCUT2D eigenvalue weighted by Crippen LogP contribution is 2.18. The predicted octanol–water partition coefficient (Wildman–Crippen LogP) is 3.12. The molecular weight excluding hydrogens is 276 g/mol. The number of rotatable bonds is 7. The number of hydrogen-bond donors (Lipinski definition) is 1. The minimum Gasteiger partial charge on any atom is -0.308 e. The molecule has 0 fully saturated rings. The summed E-state index contributed by atoms with van der Waals surface area (Å²) in [6.07, 6.45) is 1.85. The lowest BCUT2D eigenvalue weighted by molar-refractivity contribution is 0.0180. The summed E-state index contributed by atoms with van der Waals surface area (Å²) in [5, 5.41) is 3.01. The van der Waals surface area contributed by atoms with E-state index in [0.29, 0.717) is 0 Å². The number of carbonyl (C=O) groups excluding carboxylic acids is 1. The van der Waals surface area contributed by atoms with Crippen LogP contribution < -0.4 is 5.32 Å². The molecule has 0 aromatic heterocycles. The molecule has 22 heavy (non-hydrogen) atoms. The summed E-state index contributed by atoms with van der Waals surface area (Å²) in [6, 6.07) is 9.54. The molecule has 0 bridgehead atoms. The zero-order valence-corrected chi connectivity index (χ0v) is 14.7. The van der Waals surface area contributed by atoms with Gasteiger partial charge in [-0.25, -0.2) is 4.79 Å². The van der Waals surface area contributed by atoms with Gasteiger partial charge in [0.25, 0.3) is 0 Å². The van der Waals surface area contributed by atoms with Gasteiger partial charge in [0, 0.05) is 5.69 Å². The Bertz CT molecular complexity index is 431. The standard InChI is InChI=1S/C17H30N4O/c1-7-15(19(3)4)21(16(8-2)20(5)6)17(22)18-14-12-10-9-11-13-14/h9-13,15-16H,7-8H2,1-6H3,(H,18,22). The van der Waals surface area contributed by atoms with Gasteiger partial charge in [-0.1, -0.05) is 32.0 Å². The van der Waals surface area contributed by atoms with Crippen molar-refractivity contribution in [2.45, 2.75) is 39.0 Å². The molecule has 0 aliphatic rings. The second-order valence-corrected chi connectivity index (χ2v) is 5.91. The minimum absolute atomic E-state index is 0.0519.